The zero-order chi connectivity index (χ0) is 19.3. The highest BCUT2D eigenvalue weighted by molar-refractivity contribution is 14.1. The van der Waals surface area contributed by atoms with E-state index in [2.05, 4.69) is 22.6 Å². The first-order chi connectivity index (χ1) is 13.0. The Labute approximate surface area is 171 Å². The average molecular weight is 478 g/mol. The Kier molecular flexibility index (Phi) is 6.51. The molecule has 0 N–H and O–H groups in total. The van der Waals surface area contributed by atoms with Crippen LogP contribution >= 0.6 is 22.6 Å². The van der Waals surface area contributed by atoms with Gasteiger partial charge >= 0.3 is 0 Å². The molecule has 1 saturated heterocycles. The van der Waals surface area contributed by atoms with Crippen molar-refractivity contribution in [3.05, 3.63) is 69.3 Å². The molecule has 1 spiro atoms. The Bertz CT molecular complexity index is 823. The fourth-order valence-electron chi connectivity index (χ4n) is 2.93. The van der Waals surface area contributed by atoms with Crippen LogP contribution in [-0.2, 0) is 19.1 Å². The van der Waals surface area contributed by atoms with Gasteiger partial charge in [-0.3, -0.25) is 14.4 Å². The van der Waals surface area contributed by atoms with E-state index in [1.165, 1.54) is 0 Å². The first kappa shape index (κ1) is 19.9. The van der Waals surface area contributed by atoms with Gasteiger partial charge in [-0.1, -0.05) is 30.3 Å². The van der Waals surface area contributed by atoms with E-state index in [9.17, 15) is 14.4 Å². The van der Waals surface area contributed by atoms with Crippen LogP contribution in [0, 0.1) is 3.57 Å². The van der Waals surface area contributed by atoms with Crippen molar-refractivity contribution >= 4 is 39.9 Å². The van der Waals surface area contributed by atoms with Gasteiger partial charge in [-0.25, -0.2) is 0 Å². The lowest BCUT2D eigenvalue weighted by atomic mass is 10.0. The number of hydrogen-bond donors (Lipinski definition) is 0. The van der Waals surface area contributed by atoms with Gasteiger partial charge < -0.3 is 9.47 Å². The topological polar surface area (TPSA) is 69.7 Å². The third kappa shape index (κ3) is 4.69. The van der Waals surface area contributed by atoms with Crippen molar-refractivity contribution in [3.8, 4) is 0 Å². The number of hydrogen-bond acceptors (Lipinski definition) is 5. The SMILES string of the molecule is O=C(c1ccccc1)c1ccc(I)cc1.O=C1CCC2(OCCCO2)C1=O. The van der Waals surface area contributed by atoms with Gasteiger partial charge in [0.1, 0.15) is 0 Å². The molecule has 2 aliphatic rings. The second kappa shape index (κ2) is 8.86. The summed E-state index contributed by atoms with van der Waals surface area (Å²) in [6.45, 7) is 1.03. The molecule has 0 bridgehead atoms. The predicted molar refractivity (Wildman–Crippen MR) is 108 cm³/mol. The minimum atomic E-state index is -1.19. The average Bonchev–Trinajstić information content (AvgIpc) is 2.98. The molecule has 1 saturated carbocycles. The number of carbonyl (C=O) groups is 3. The van der Waals surface area contributed by atoms with Crippen LogP contribution in [0.3, 0.4) is 0 Å². The molecular weight excluding hydrogens is 459 g/mol. The lowest BCUT2D eigenvalue weighted by molar-refractivity contribution is -0.247. The smallest absolute Gasteiger partial charge is 0.257 e. The maximum Gasteiger partial charge on any atom is 0.257 e. The Morgan fingerprint density at radius 3 is 2.04 bits per heavy atom. The third-order valence-corrected chi connectivity index (χ3v) is 5.10. The minimum absolute atomic E-state index is 0.0759. The van der Waals surface area contributed by atoms with Crippen molar-refractivity contribution in [2.75, 3.05) is 13.2 Å². The van der Waals surface area contributed by atoms with E-state index in [1.807, 2.05) is 54.6 Å². The zero-order valence-electron chi connectivity index (χ0n) is 14.7. The van der Waals surface area contributed by atoms with Gasteiger partial charge in [0, 0.05) is 27.5 Å². The number of rotatable bonds is 2. The van der Waals surface area contributed by atoms with Gasteiger partial charge in [0.15, 0.2) is 5.78 Å². The van der Waals surface area contributed by atoms with Crippen LogP contribution in [0.15, 0.2) is 54.6 Å². The first-order valence-electron chi connectivity index (χ1n) is 8.73. The summed E-state index contributed by atoms with van der Waals surface area (Å²) in [7, 11) is 0. The number of carbonyl (C=O) groups excluding carboxylic acids is 3. The Hall–Kier alpha value is -1.90. The summed E-state index contributed by atoms with van der Waals surface area (Å²) in [6.07, 6.45) is 1.45. The molecule has 5 nitrogen and oxygen atoms in total. The fourth-order valence-corrected chi connectivity index (χ4v) is 3.28. The highest BCUT2D eigenvalue weighted by Gasteiger charge is 2.50. The molecule has 6 heteroatoms. The molecular formula is C21H19IO5. The number of benzene rings is 2. The van der Waals surface area contributed by atoms with Gasteiger partial charge in [0.25, 0.3) is 5.78 Å². The summed E-state index contributed by atoms with van der Waals surface area (Å²) in [6, 6.07) is 16.9. The summed E-state index contributed by atoms with van der Waals surface area (Å²) in [5.41, 5.74) is 1.47. The third-order valence-electron chi connectivity index (χ3n) is 4.38. The van der Waals surface area contributed by atoms with Crippen molar-refractivity contribution < 1.29 is 23.9 Å². The fraction of sp³-hybridized carbons (Fsp3) is 0.286. The van der Waals surface area contributed by atoms with Gasteiger partial charge in [-0.15, -0.1) is 0 Å². The molecule has 0 atom stereocenters. The van der Waals surface area contributed by atoms with E-state index >= 15 is 0 Å². The Morgan fingerprint density at radius 2 is 1.48 bits per heavy atom. The van der Waals surface area contributed by atoms with Crippen molar-refractivity contribution in [1.29, 1.82) is 0 Å². The van der Waals surface area contributed by atoms with E-state index in [1.54, 1.807) is 0 Å². The summed E-state index contributed by atoms with van der Waals surface area (Å²) in [5.74, 6) is -1.97. The Balaban J connectivity index is 0.000000159. The number of halogens is 1. The molecule has 2 aromatic carbocycles. The minimum Gasteiger partial charge on any atom is -0.343 e. The molecule has 140 valence electrons. The molecule has 4 rings (SSSR count). The van der Waals surface area contributed by atoms with Crippen molar-refractivity contribution in [1.82, 2.24) is 0 Å². The number of ether oxygens (including phenoxy) is 2. The summed E-state index contributed by atoms with van der Waals surface area (Å²) in [4.78, 5) is 34.2. The molecule has 0 amide bonds. The molecule has 1 aliphatic carbocycles. The van der Waals surface area contributed by atoms with Gasteiger partial charge in [-0.05, 0) is 53.3 Å². The number of ketones is 3. The lowest BCUT2D eigenvalue weighted by Crippen LogP contribution is -2.45. The van der Waals surface area contributed by atoms with Crippen LogP contribution < -0.4 is 0 Å². The molecule has 2 fully saturated rings. The molecule has 0 radical (unpaired) electrons. The molecule has 0 unspecified atom stereocenters. The first-order valence-corrected chi connectivity index (χ1v) is 9.80. The molecule has 1 aliphatic heterocycles. The van der Waals surface area contributed by atoms with Gasteiger partial charge in [0.05, 0.1) is 13.2 Å². The van der Waals surface area contributed by atoms with Gasteiger partial charge in [0.2, 0.25) is 11.6 Å². The highest BCUT2D eigenvalue weighted by Crippen LogP contribution is 2.31. The molecule has 1 heterocycles. The normalized spacial score (nSPS) is 18.1. The van der Waals surface area contributed by atoms with Crippen molar-refractivity contribution in [3.63, 3.8) is 0 Å². The van der Waals surface area contributed by atoms with Crippen LogP contribution in [0.5, 0.6) is 0 Å². The van der Waals surface area contributed by atoms with Crippen LogP contribution in [0.1, 0.15) is 35.2 Å². The van der Waals surface area contributed by atoms with Crippen LogP contribution in [-0.4, -0.2) is 36.4 Å². The van der Waals surface area contributed by atoms with Gasteiger partial charge in [-0.2, -0.15) is 0 Å². The second-order valence-electron chi connectivity index (χ2n) is 6.26. The summed E-state index contributed by atoms with van der Waals surface area (Å²) < 4.78 is 11.6. The van der Waals surface area contributed by atoms with E-state index in [0.717, 1.165) is 21.1 Å². The summed E-state index contributed by atoms with van der Waals surface area (Å²) >= 11 is 2.22. The lowest BCUT2D eigenvalue weighted by Gasteiger charge is -2.30. The van der Waals surface area contributed by atoms with Crippen molar-refractivity contribution in [2.45, 2.75) is 25.0 Å². The monoisotopic (exact) mass is 478 g/mol. The number of Topliss-reactive ketones (excluding diaryl/α,β-unsaturated/α-hetero) is 2. The largest absolute Gasteiger partial charge is 0.343 e. The van der Waals surface area contributed by atoms with E-state index < -0.39 is 11.6 Å². The van der Waals surface area contributed by atoms with Crippen LogP contribution in [0.4, 0.5) is 0 Å². The Morgan fingerprint density at radius 1 is 0.889 bits per heavy atom. The van der Waals surface area contributed by atoms with E-state index in [0.29, 0.717) is 19.6 Å². The zero-order valence-corrected chi connectivity index (χ0v) is 16.8. The van der Waals surface area contributed by atoms with E-state index in [-0.39, 0.29) is 18.0 Å². The predicted octanol–water partition coefficient (Wildman–Crippen LogP) is 3.57. The maximum atomic E-state index is 12.0. The second-order valence-corrected chi connectivity index (χ2v) is 7.50. The highest BCUT2D eigenvalue weighted by atomic mass is 127. The standard InChI is InChI=1S/C13H9IO.C8H10O4/c14-12-8-6-11(7-9-12)13(15)10-4-2-1-3-5-10;9-6-2-3-8(7(6)10)11-4-1-5-12-8/h1-9H;1-5H2. The maximum absolute atomic E-state index is 12.0. The van der Waals surface area contributed by atoms with Crippen LogP contribution in [0.2, 0.25) is 0 Å². The van der Waals surface area contributed by atoms with Crippen molar-refractivity contribution in [2.24, 2.45) is 0 Å². The summed E-state index contributed by atoms with van der Waals surface area (Å²) in [5, 5.41) is 0. The molecule has 0 aromatic heterocycles. The van der Waals surface area contributed by atoms with E-state index in [4.69, 9.17) is 9.47 Å². The quantitative estimate of drug-likeness (QED) is 0.375. The van der Waals surface area contributed by atoms with Crippen LogP contribution in [0.25, 0.3) is 0 Å². The molecule has 2 aromatic rings. The molecule has 27 heavy (non-hydrogen) atoms.